The number of carbonyl (C=O) groups excluding carboxylic acids is 1. The number of morpholine rings is 1. The third kappa shape index (κ3) is 4.61. The summed E-state index contributed by atoms with van der Waals surface area (Å²) >= 11 is 1.23. The Morgan fingerprint density at radius 3 is 2.56 bits per heavy atom. The van der Waals surface area contributed by atoms with E-state index in [4.69, 9.17) is 9.47 Å². The molecule has 166 valence electrons. The van der Waals surface area contributed by atoms with Crippen molar-refractivity contribution in [2.75, 3.05) is 45.4 Å². The molecule has 4 rings (SSSR count). The van der Waals surface area contributed by atoms with E-state index < -0.39 is 4.92 Å². The minimum Gasteiger partial charge on any atom is -0.490 e. The molecule has 32 heavy (non-hydrogen) atoms. The second-order valence-corrected chi connectivity index (χ2v) is 8.18. The van der Waals surface area contributed by atoms with E-state index in [1.54, 1.807) is 19.2 Å². The highest BCUT2D eigenvalue weighted by atomic mass is 32.2. The first-order chi connectivity index (χ1) is 15.5. The lowest BCUT2D eigenvalue weighted by Gasteiger charge is -2.28. The molecule has 2 aliphatic heterocycles. The number of anilines is 1. The van der Waals surface area contributed by atoms with Crippen molar-refractivity contribution in [1.29, 1.82) is 0 Å². The summed E-state index contributed by atoms with van der Waals surface area (Å²) < 4.78 is 10.4. The largest absolute Gasteiger partial charge is 0.490 e. The lowest BCUT2D eigenvalue weighted by atomic mass is 10.1. The van der Waals surface area contributed by atoms with Crippen LogP contribution in [0.25, 0.3) is 6.08 Å². The summed E-state index contributed by atoms with van der Waals surface area (Å²) in [5, 5.41) is 11.8. The average Bonchev–Trinajstić information content (AvgIpc) is 3.07. The SMILES string of the molecule is COc1ccc(/C=C2\SC(=Nc3ccc(N4CCOCC4)cc3)N(C)C2=O)cc1[N+](=O)[O-]. The van der Waals surface area contributed by atoms with Crippen LogP contribution in [0.3, 0.4) is 0 Å². The van der Waals surface area contributed by atoms with Crippen LogP contribution in [0.2, 0.25) is 0 Å². The number of ether oxygens (including phenoxy) is 2. The van der Waals surface area contributed by atoms with Crippen molar-refractivity contribution in [2.24, 2.45) is 4.99 Å². The van der Waals surface area contributed by atoms with Gasteiger partial charge in [0, 0.05) is 31.9 Å². The summed E-state index contributed by atoms with van der Waals surface area (Å²) in [4.78, 5) is 32.2. The topological polar surface area (TPSA) is 97.5 Å². The van der Waals surface area contributed by atoms with Crippen molar-refractivity contribution in [3.63, 3.8) is 0 Å². The Morgan fingerprint density at radius 1 is 1.19 bits per heavy atom. The molecular weight excluding hydrogens is 432 g/mol. The predicted octanol–water partition coefficient (Wildman–Crippen LogP) is 3.67. The number of nitro groups is 1. The third-order valence-corrected chi connectivity index (χ3v) is 6.21. The van der Waals surface area contributed by atoms with E-state index in [1.807, 2.05) is 24.3 Å². The molecule has 0 saturated carbocycles. The van der Waals surface area contributed by atoms with Crippen LogP contribution in [0.15, 0.2) is 52.4 Å². The van der Waals surface area contributed by atoms with Crippen molar-refractivity contribution >= 4 is 46.0 Å². The fourth-order valence-corrected chi connectivity index (χ4v) is 4.40. The summed E-state index contributed by atoms with van der Waals surface area (Å²) in [6.07, 6.45) is 1.62. The molecule has 10 heteroatoms. The molecule has 2 fully saturated rings. The molecule has 0 radical (unpaired) electrons. The fourth-order valence-electron chi connectivity index (χ4n) is 3.41. The molecule has 2 saturated heterocycles. The zero-order chi connectivity index (χ0) is 22.7. The number of likely N-dealkylation sites (N-methyl/N-ethyl adjacent to an activating group) is 1. The number of aliphatic imine (C=N–C) groups is 1. The van der Waals surface area contributed by atoms with Gasteiger partial charge in [-0.1, -0.05) is 6.07 Å². The third-order valence-electron chi connectivity index (χ3n) is 5.15. The normalized spacial score (nSPS) is 19.1. The Hall–Kier alpha value is -3.37. The molecule has 0 N–H and O–H groups in total. The van der Waals surface area contributed by atoms with Gasteiger partial charge >= 0.3 is 5.69 Å². The lowest BCUT2D eigenvalue weighted by molar-refractivity contribution is -0.385. The Labute approximate surface area is 189 Å². The summed E-state index contributed by atoms with van der Waals surface area (Å²) in [5.41, 5.74) is 2.24. The van der Waals surface area contributed by atoms with Crippen LogP contribution in [0, 0.1) is 10.1 Å². The van der Waals surface area contributed by atoms with Gasteiger partial charge in [-0.05, 0) is 53.7 Å². The average molecular weight is 455 g/mol. The second-order valence-electron chi connectivity index (χ2n) is 7.17. The first-order valence-electron chi connectivity index (χ1n) is 9.98. The monoisotopic (exact) mass is 454 g/mol. The number of rotatable bonds is 5. The first-order valence-corrected chi connectivity index (χ1v) is 10.8. The molecule has 0 bridgehead atoms. The van der Waals surface area contributed by atoms with Gasteiger partial charge in [0.05, 0.1) is 35.8 Å². The van der Waals surface area contributed by atoms with Gasteiger partial charge in [0.15, 0.2) is 10.9 Å². The molecule has 2 aromatic carbocycles. The van der Waals surface area contributed by atoms with Crippen molar-refractivity contribution in [1.82, 2.24) is 4.90 Å². The van der Waals surface area contributed by atoms with E-state index in [9.17, 15) is 14.9 Å². The summed E-state index contributed by atoms with van der Waals surface area (Å²) in [6, 6.07) is 12.4. The number of amidine groups is 1. The van der Waals surface area contributed by atoms with Gasteiger partial charge in [-0.25, -0.2) is 4.99 Å². The highest BCUT2D eigenvalue weighted by molar-refractivity contribution is 8.18. The van der Waals surface area contributed by atoms with Gasteiger partial charge in [0.2, 0.25) is 0 Å². The maximum absolute atomic E-state index is 12.7. The highest BCUT2D eigenvalue weighted by Gasteiger charge is 2.30. The molecule has 1 amide bonds. The minimum absolute atomic E-state index is 0.153. The van der Waals surface area contributed by atoms with Gasteiger partial charge in [-0.2, -0.15) is 0 Å². The van der Waals surface area contributed by atoms with Gasteiger partial charge in [-0.3, -0.25) is 19.8 Å². The van der Waals surface area contributed by atoms with E-state index >= 15 is 0 Å². The predicted molar refractivity (Wildman–Crippen MR) is 125 cm³/mol. The maximum Gasteiger partial charge on any atom is 0.311 e. The molecular formula is C22H22N4O5S. The molecule has 0 aliphatic carbocycles. The number of amides is 1. The second kappa shape index (κ2) is 9.41. The number of carbonyl (C=O) groups is 1. The molecule has 2 aliphatic rings. The van der Waals surface area contributed by atoms with E-state index in [2.05, 4.69) is 9.89 Å². The fraction of sp³-hybridized carbons (Fsp3) is 0.273. The molecule has 2 heterocycles. The first kappa shape index (κ1) is 21.8. The molecule has 0 unspecified atom stereocenters. The van der Waals surface area contributed by atoms with E-state index in [1.165, 1.54) is 35.9 Å². The van der Waals surface area contributed by atoms with Crippen LogP contribution in [0.4, 0.5) is 17.1 Å². The van der Waals surface area contributed by atoms with Crippen LogP contribution in [-0.2, 0) is 9.53 Å². The Balaban J connectivity index is 1.54. The van der Waals surface area contributed by atoms with Gasteiger partial charge in [-0.15, -0.1) is 0 Å². The van der Waals surface area contributed by atoms with Crippen molar-refractivity contribution in [2.45, 2.75) is 0 Å². The van der Waals surface area contributed by atoms with Crippen LogP contribution >= 0.6 is 11.8 Å². The molecule has 2 aromatic rings. The van der Waals surface area contributed by atoms with Crippen LogP contribution < -0.4 is 9.64 Å². The van der Waals surface area contributed by atoms with Crippen LogP contribution in [0.5, 0.6) is 5.75 Å². The van der Waals surface area contributed by atoms with Crippen LogP contribution in [-0.4, -0.2) is 61.4 Å². The van der Waals surface area contributed by atoms with Crippen molar-refractivity contribution in [3.05, 3.63) is 63.0 Å². The van der Waals surface area contributed by atoms with Gasteiger partial charge in [0.25, 0.3) is 5.91 Å². The number of hydrogen-bond acceptors (Lipinski definition) is 8. The molecule has 0 spiro atoms. The van der Waals surface area contributed by atoms with Crippen LogP contribution in [0.1, 0.15) is 5.56 Å². The number of nitro benzene ring substituents is 1. The van der Waals surface area contributed by atoms with Crippen molar-refractivity contribution in [3.8, 4) is 5.75 Å². The highest BCUT2D eigenvalue weighted by Crippen LogP contribution is 2.35. The summed E-state index contributed by atoms with van der Waals surface area (Å²) in [7, 11) is 3.04. The number of nitrogens with zero attached hydrogens (tertiary/aromatic N) is 4. The molecule has 9 nitrogen and oxygen atoms in total. The lowest BCUT2D eigenvalue weighted by Crippen LogP contribution is -2.36. The zero-order valence-electron chi connectivity index (χ0n) is 17.7. The minimum atomic E-state index is -0.510. The standard InChI is InChI=1S/C22H22N4O5S/c1-24-21(27)20(14-15-3-8-19(30-2)18(13-15)26(28)29)32-22(24)23-16-4-6-17(7-5-16)25-9-11-31-12-10-25/h3-8,13-14H,9-12H2,1-2H3/b20-14-,23-22?. The van der Waals surface area contributed by atoms with Gasteiger partial charge in [0.1, 0.15) is 0 Å². The summed E-state index contributed by atoms with van der Waals surface area (Å²) in [6.45, 7) is 3.16. The Morgan fingerprint density at radius 2 is 1.91 bits per heavy atom. The van der Waals surface area contributed by atoms with Gasteiger partial charge < -0.3 is 14.4 Å². The number of hydrogen-bond donors (Lipinski definition) is 0. The van der Waals surface area contributed by atoms with E-state index in [0.717, 1.165) is 37.7 Å². The Kier molecular flexibility index (Phi) is 6.42. The van der Waals surface area contributed by atoms with E-state index in [0.29, 0.717) is 15.6 Å². The molecule has 0 atom stereocenters. The Bertz CT molecular complexity index is 1090. The number of methoxy groups -OCH3 is 1. The van der Waals surface area contributed by atoms with E-state index in [-0.39, 0.29) is 17.3 Å². The maximum atomic E-state index is 12.7. The molecule has 0 aromatic heterocycles. The number of thioether (sulfide) groups is 1. The summed E-state index contributed by atoms with van der Waals surface area (Å²) in [5.74, 6) is -0.0420. The zero-order valence-corrected chi connectivity index (χ0v) is 18.5. The van der Waals surface area contributed by atoms with Crippen molar-refractivity contribution < 1.29 is 19.2 Å². The smallest absolute Gasteiger partial charge is 0.311 e. The quantitative estimate of drug-likeness (QED) is 0.386. The number of benzene rings is 2.